The van der Waals surface area contributed by atoms with Crippen LogP contribution in [0.5, 0.6) is 0 Å². The number of aliphatic carboxylic acids is 1. The van der Waals surface area contributed by atoms with Crippen LogP contribution in [0.3, 0.4) is 0 Å². The van der Waals surface area contributed by atoms with E-state index in [9.17, 15) is 19.1 Å². The molecule has 7 nitrogen and oxygen atoms in total. The minimum Gasteiger partial charge on any atom is -0.480 e. The van der Waals surface area contributed by atoms with E-state index < -0.39 is 30.0 Å². The molecule has 0 radical (unpaired) electrons. The first-order chi connectivity index (χ1) is 9.36. The minimum absolute atomic E-state index is 0.0975. The van der Waals surface area contributed by atoms with Crippen molar-refractivity contribution in [2.75, 3.05) is 5.32 Å². The lowest BCUT2D eigenvalue weighted by Crippen LogP contribution is -2.49. The van der Waals surface area contributed by atoms with Gasteiger partial charge in [-0.2, -0.15) is 5.26 Å². The van der Waals surface area contributed by atoms with Gasteiger partial charge >= 0.3 is 12.0 Å². The van der Waals surface area contributed by atoms with E-state index in [1.54, 1.807) is 6.07 Å². The number of nitriles is 1. The van der Waals surface area contributed by atoms with Crippen molar-refractivity contribution in [3.05, 3.63) is 29.6 Å². The molecule has 2 atom stereocenters. The summed E-state index contributed by atoms with van der Waals surface area (Å²) in [6, 6.07) is 2.72. The molecule has 0 saturated heterocycles. The molecule has 20 heavy (non-hydrogen) atoms. The van der Waals surface area contributed by atoms with Gasteiger partial charge in [-0.15, -0.1) is 0 Å². The zero-order valence-electron chi connectivity index (χ0n) is 10.4. The summed E-state index contributed by atoms with van der Waals surface area (Å²) < 4.78 is 13.3. The lowest BCUT2D eigenvalue weighted by molar-refractivity contribution is -0.141. The van der Waals surface area contributed by atoms with Gasteiger partial charge in [-0.1, -0.05) is 6.07 Å². The van der Waals surface area contributed by atoms with E-state index >= 15 is 0 Å². The number of aliphatic hydroxyl groups is 1. The number of hydrogen-bond acceptors (Lipinski definition) is 4. The zero-order valence-corrected chi connectivity index (χ0v) is 10.4. The van der Waals surface area contributed by atoms with E-state index in [4.69, 9.17) is 10.4 Å². The van der Waals surface area contributed by atoms with Crippen LogP contribution in [0, 0.1) is 17.1 Å². The molecule has 1 rings (SSSR count). The monoisotopic (exact) mass is 281 g/mol. The van der Waals surface area contributed by atoms with Crippen LogP contribution in [0.2, 0.25) is 0 Å². The van der Waals surface area contributed by atoms with E-state index in [1.807, 2.05) is 5.32 Å². The predicted molar refractivity (Wildman–Crippen MR) is 66.4 cm³/mol. The molecule has 0 saturated carbocycles. The number of urea groups is 1. The molecule has 0 heterocycles. The summed E-state index contributed by atoms with van der Waals surface area (Å²) in [5.41, 5.74) is -0.466. The van der Waals surface area contributed by atoms with E-state index in [0.717, 1.165) is 6.07 Å². The number of nitrogens with zero attached hydrogens (tertiary/aromatic N) is 1. The minimum atomic E-state index is -1.52. The van der Waals surface area contributed by atoms with Crippen molar-refractivity contribution in [1.29, 1.82) is 5.26 Å². The Balaban J connectivity index is 2.85. The molecule has 0 spiro atoms. The van der Waals surface area contributed by atoms with Gasteiger partial charge < -0.3 is 20.8 Å². The van der Waals surface area contributed by atoms with Crippen LogP contribution in [0.1, 0.15) is 12.5 Å². The van der Waals surface area contributed by atoms with Crippen molar-refractivity contribution in [3.8, 4) is 6.07 Å². The number of carboxylic acid groups (broad SMARTS) is 1. The van der Waals surface area contributed by atoms with E-state index in [-0.39, 0.29) is 11.3 Å². The SMILES string of the molecule is C[C@@H](O)[C@H](NC(=O)Nc1cccc(F)c1C#N)C(=O)O. The first-order valence-corrected chi connectivity index (χ1v) is 5.53. The van der Waals surface area contributed by atoms with E-state index in [2.05, 4.69) is 5.32 Å². The summed E-state index contributed by atoms with van der Waals surface area (Å²) in [5, 5.41) is 30.9. The smallest absolute Gasteiger partial charge is 0.328 e. The number of rotatable bonds is 4. The molecule has 0 aromatic heterocycles. The van der Waals surface area contributed by atoms with Crippen molar-refractivity contribution in [1.82, 2.24) is 5.32 Å². The van der Waals surface area contributed by atoms with Gasteiger partial charge in [0.25, 0.3) is 0 Å². The molecule has 0 aliphatic carbocycles. The number of carboxylic acids is 1. The summed E-state index contributed by atoms with van der Waals surface area (Å²) in [6.45, 7) is 1.20. The number of hydrogen-bond donors (Lipinski definition) is 4. The van der Waals surface area contributed by atoms with Crippen molar-refractivity contribution >= 4 is 17.7 Å². The predicted octanol–water partition coefficient (Wildman–Crippen LogP) is 0.653. The van der Waals surface area contributed by atoms with Crippen LogP contribution in [0.15, 0.2) is 18.2 Å². The fourth-order valence-corrected chi connectivity index (χ4v) is 1.43. The van der Waals surface area contributed by atoms with Crippen molar-refractivity contribution < 1.29 is 24.2 Å². The van der Waals surface area contributed by atoms with Crippen LogP contribution >= 0.6 is 0 Å². The Morgan fingerprint density at radius 3 is 2.60 bits per heavy atom. The molecule has 106 valence electrons. The van der Waals surface area contributed by atoms with Gasteiger partial charge in [0, 0.05) is 0 Å². The number of halogens is 1. The van der Waals surface area contributed by atoms with Crippen LogP contribution in [0.4, 0.5) is 14.9 Å². The lowest BCUT2D eigenvalue weighted by Gasteiger charge is -2.17. The summed E-state index contributed by atoms with van der Waals surface area (Å²) in [6.07, 6.45) is -1.32. The molecule has 1 aromatic rings. The molecular formula is C12H12FN3O4. The third kappa shape index (κ3) is 3.66. The first kappa shape index (κ1) is 15.4. The molecule has 1 aromatic carbocycles. The first-order valence-electron chi connectivity index (χ1n) is 5.53. The number of carbonyl (C=O) groups excluding carboxylic acids is 1. The summed E-state index contributed by atoms with van der Waals surface area (Å²) in [5.74, 6) is -2.23. The number of amides is 2. The van der Waals surface area contributed by atoms with E-state index in [1.165, 1.54) is 19.1 Å². The van der Waals surface area contributed by atoms with Gasteiger partial charge in [0.15, 0.2) is 6.04 Å². The molecule has 0 aliphatic heterocycles. The van der Waals surface area contributed by atoms with Gasteiger partial charge in [0.2, 0.25) is 0 Å². The highest BCUT2D eigenvalue weighted by Crippen LogP contribution is 2.17. The fourth-order valence-electron chi connectivity index (χ4n) is 1.43. The fraction of sp³-hybridized carbons (Fsp3) is 0.250. The average molecular weight is 281 g/mol. The van der Waals surface area contributed by atoms with E-state index in [0.29, 0.717) is 0 Å². The Kier molecular flexibility index (Phi) is 5.00. The summed E-state index contributed by atoms with van der Waals surface area (Å²) in [7, 11) is 0. The highest BCUT2D eigenvalue weighted by Gasteiger charge is 2.25. The van der Waals surface area contributed by atoms with Crippen LogP contribution in [0.25, 0.3) is 0 Å². The van der Waals surface area contributed by atoms with Crippen molar-refractivity contribution in [2.24, 2.45) is 0 Å². The lowest BCUT2D eigenvalue weighted by atomic mass is 10.2. The highest BCUT2D eigenvalue weighted by atomic mass is 19.1. The number of benzene rings is 1. The Morgan fingerprint density at radius 1 is 1.45 bits per heavy atom. The summed E-state index contributed by atoms with van der Waals surface area (Å²) >= 11 is 0. The van der Waals surface area contributed by atoms with Gasteiger partial charge in [0.1, 0.15) is 17.4 Å². The second-order valence-electron chi connectivity index (χ2n) is 3.93. The molecule has 0 aliphatic rings. The molecule has 0 bridgehead atoms. The topological polar surface area (TPSA) is 122 Å². The van der Waals surface area contributed by atoms with Gasteiger partial charge in [0.05, 0.1) is 11.8 Å². The molecular weight excluding hydrogens is 269 g/mol. The summed E-state index contributed by atoms with van der Waals surface area (Å²) in [4.78, 5) is 22.4. The second-order valence-corrected chi connectivity index (χ2v) is 3.93. The highest BCUT2D eigenvalue weighted by molar-refractivity contribution is 5.93. The van der Waals surface area contributed by atoms with Crippen LogP contribution in [-0.4, -0.2) is 34.4 Å². The van der Waals surface area contributed by atoms with Crippen molar-refractivity contribution in [3.63, 3.8) is 0 Å². The Morgan fingerprint density at radius 2 is 2.10 bits per heavy atom. The Hall–Kier alpha value is -2.66. The number of nitrogens with one attached hydrogen (secondary N) is 2. The Labute approximate surface area is 113 Å². The molecule has 4 N–H and O–H groups in total. The maximum Gasteiger partial charge on any atom is 0.328 e. The maximum absolute atomic E-state index is 13.3. The van der Waals surface area contributed by atoms with Gasteiger partial charge in [-0.05, 0) is 19.1 Å². The number of aliphatic hydroxyl groups excluding tert-OH is 1. The third-order valence-electron chi connectivity index (χ3n) is 2.41. The number of anilines is 1. The Bertz CT molecular complexity index is 568. The standard InChI is InChI=1S/C12H12FN3O4/c1-6(17)10(11(18)19)16-12(20)15-9-4-2-3-8(13)7(9)5-14/h2-4,6,10,17H,1H3,(H,18,19)(H2,15,16,20)/t6-,10+/m1/s1. The van der Waals surface area contributed by atoms with Gasteiger partial charge in [-0.3, -0.25) is 0 Å². The maximum atomic E-state index is 13.3. The quantitative estimate of drug-likeness (QED) is 0.645. The molecule has 2 amide bonds. The molecule has 8 heteroatoms. The molecule has 0 fully saturated rings. The van der Waals surface area contributed by atoms with Crippen LogP contribution in [-0.2, 0) is 4.79 Å². The zero-order chi connectivity index (χ0) is 15.3. The largest absolute Gasteiger partial charge is 0.480 e. The molecule has 0 unspecified atom stereocenters. The second kappa shape index (κ2) is 6.49. The van der Waals surface area contributed by atoms with Crippen molar-refractivity contribution in [2.45, 2.75) is 19.1 Å². The number of carbonyl (C=O) groups is 2. The van der Waals surface area contributed by atoms with Crippen LogP contribution < -0.4 is 10.6 Å². The average Bonchev–Trinajstić information content (AvgIpc) is 2.35. The third-order valence-corrected chi connectivity index (χ3v) is 2.41. The van der Waals surface area contributed by atoms with Gasteiger partial charge in [-0.25, -0.2) is 14.0 Å². The normalized spacial score (nSPS) is 12.9.